The Hall–Kier alpha value is -2.04. The molecule has 0 aliphatic carbocycles. The number of carboxylic acid groups (broad SMARTS) is 1. The van der Waals surface area contributed by atoms with E-state index in [0.29, 0.717) is 12.2 Å². The van der Waals surface area contributed by atoms with Gasteiger partial charge in [-0.3, -0.25) is 4.79 Å². The van der Waals surface area contributed by atoms with Gasteiger partial charge in [-0.25, -0.2) is 0 Å². The van der Waals surface area contributed by atoms with Crippen molar-refractivity contribution in [2.75, 3.05) is 13.2 Å². The van der Waals surface area contributed by atoms with Crippen LogP contribution in [0.1, 0.15) is 43.0 Å². The van der Waals surface area contributed by atoms with Crippen molar-refractivity contribution < 1.29 is 19.4 Å². The first kappa shape index (κ1) is 16.0. The van der Waals surface area contributed by atoms with E-state index in [4.69, 9.17) is 4.74 Å². The Balaban J connectivity index is 2.37. The minimum absolute atomic E-state index is 0.0659. The second-order valence-corrected chi connectivity index (χ2v) is 4.46. The van der Waals surface area contributed by atoms with Gasteiger partial charge in [0.05, 0.1) is 6.61 Å². The highest BCUT2D eigenvalue weighted by Gasteiger charge is 2.04. The molecule has 0 aliphatic rings. The molecule has 5 nitrogen and oxygen atoms in total. The number of benzene rings is 1. The van der Waals surface area contributed by atoms with Crippen molar-refractivity contribution in [2.45, 2.75) is 32.6 Å². The Bertz CT molecular complexity index is 428. The summed E-state index contributed by atoms with van der Waals surface area (Å²) in [6, 6.07) is 6.78. The van der Waals surface area contributed by atoms with Crippen molar-refractivity contribution in [3.8, 4) is 5.75 Å². The molecule has 1 aromatic rings. The zero-order chi connectivity index (χ0) is 14.8. The number of rotatable bonds is 9. The van der Waals surface area contributed by atoms with Gasteiger partial charge in [-0.1, -0.05) is 19.8 Å². The number of hydrogen-bond donors (Lipinski definition) is 1. The highest BCUT2D eigenvalue weighted by Crippen LogP contribution is 2.12. The second-order valence-electron chi connectivity index (χ2n) is 4.46. The van der Waals surface area contributed by atoms with E-state index >= 15 is 0 Å². The first-order chi connectivity index (χ1) is 9.63. The Morgan fingerprint density at radius 1 is 1.20 bits per heavy atom. The monoisotopic (exact) mass is 278 g/mol. The van der Waals surface area contributed by atoms with Gasteiger partial charge in [-0.15, -0.1) is 0 Å². The number of amides is 1. The molecule has 0 aromatic heterocycles. The van der Waals surface area contributed by atoms with Gasteiger partial charge < -0.3 is 20.0 Å². The third kappa shape index (κ3) is 6.22. The quantitative estimate of drug-likeness (QED) is 0.687. The van der Waals surface area contributed by atoms with E-state index < -0.39 is 5.97 Å². The fourth-order valence-electron chi connectivity index (χ4n) is 1.62. The molecule has 0 spiro atoms. The van der Waals surface area contributed by atoms with E-state index in [1.54, 1.807) is 24.3 Å². The number of nitrogens with one attached hydrogen (secondary N) is 1. The van der Waals surface area contributed by atoms with E-state index in [1.165, 1.54) is 0 Å². The summed E-state index contributed by atoms with van der Waals surface area (Å²) in [7, 11) is 0. The molecule has 0 aliphatic heterocycles. The molecule has 0 unspecified atom stereocenters. The maximum absolute atomic E-state index is 11.7. The Kier molecular flexibility index (Phi) is 7.17. The van der Waals surface area contributed by atoms with E-state index in [0.717, 1.165) is 25.0 Å². The van der Waals surface area contributed by atoms with Crippen LogP contribution in [0, 0.1) is 0 Å². The Morgan fingerprint density at radius 2 is 1.90 bits per heavy atom. The van der Waals surface area contributed by atoms with Crippen LogP contribution in [0.25, 0.3) is 0 Å². The number of unbranched alkanes of at least 4 members (excludes halogenated alkanes) is 2. The lowest BCUT2D eigenvalue weighted by Crippen LogP contribution is -2.30. The largest absolute Gasteiger partial charge is 0.550 e. The molecule has 0 atom stereocenters. The third-order valence-electron chi connectivity index (χ3n) is 2.75. The first-order valence-corrected chi connectivity index (χ1v) is 6.84. The summed E-state index contributed by atoms with van der Waals surface area (Å²) in [5, 5.41) is 12.7. The highest BCUT2D eigenvalue weighted by atomic mass is 16.5. The fourth-order valence-corrected chi connectivity index (χ4v) is 1.62. The summed E-state index contributed by atoms with van der Waals surface area (Å²) in [6.07, 6.45) is 3.11. The van der Waals surface area contributed by atoms with E-state index in [2.05, 4.69) is 12.2 Å². The van der Waals surface area contributed by atoms with Crippen LogP contribution in [-0.2, 0) is 4.79 Å². The molecular weight excluding hydrogens is 258 g/mol. The van der Waals surface area contributed by atoms with Crippen molar-refractivity contribution in [1.29, 1.82) is 0 Å². The predicted octanol–water partition coefficient (Wildman–Crippen LogP) is 1.13. The van der Waals surface area contributed by atoms with E-state index in [-0.39, 0.29) is 18.9 Å². The topological polar surface area (TPSA) is 78.5 Å². The van der Waals surface area contributed by atoms with E-state index in [1.807, 2.05) is 0 Å². The van der Waals surface area contributed by atoms with Gasteiger partial charge in [0.1, 0.15) is 5.75 Å². The molecule has 0 heterocycles. The van der Waals surface area contributed by atoms with Crippen LogP contribution >= 0.6 is 0 Å². The van der Waals surface area contributed by atoms with Crippen molar-refractivity contribution in [2.24, 2.45) is 0 Å². The number of carbonyl (C=O) groups excluding carboxylic acids is 2. The van der Waals surface area contributed by atoms with Crippen LogP contribution in [0.15, 0.2) is 24.3 Å². The Morgan fingerprint density at radius 3 is 2.50 bits per heavy atom. The first-order valence-electron chi connectivity index (χ1n) is 6.84. The van der Waals surface area contributed by atoms with Gasteiger partial charge in [0.25, 0.3) is 5.91 Å². The number of hydrogen-bond acceptors (Lipinski definition) is 4. The molecular formula is C15H20NO4-. The van der Waals surface area contributed by atoms with Crippen molar-refractivity contribution in [3.05, 3.63) is 29.8 Å². The SMILES string of the molecule is CCCCCOc1ccc(C(=O)NCCC(=O)[O-])cc1. The molecule has 0 radical (unpaired) electrons. The molecule has 0 fully saturated rings. The molecule has 1 N–H and O–H groups in total. The number of ether oxygens (including phenoxy) is 1. The van der Waals surface area contributed by atoms with Crippen molar-refractivity contribution in [3.63, 3.8) is 0 Å². The van der Waals surface area contributed by atoms with Crippen LogP contribution in [-0.4, -0.2) is 25.0 Å². The van der Waals surface area contributed by atoms with Crippen LogP contribution < -0.4 is 15.2 Å². The lowest BCUT2D eigenvalue weighted by Gasteiger charge is -2.08. The zero-order valence-corrected chi connectivity index (χ0v) is 11.7. The van der Waals surface area contributed by atoms with Crippen LogP contribution in [0.2, 0.25) is 0 Å². The summed E-state index contributed by atoms with van der Waals surface area (Å²) in [4.78, 5) is 21.9. The number of carboxylic acids is 1. The average Bonchev–Trinajstić information content (AvgIpc) is 2.44. The minimum atomic E-state index is -1.18. The molecule has 5 heteroatoms. The molecule has 0 bridgehead atoms. The summed E-state index contributed by atoms with van der Waals surface area (Å²) >= 11 is 0. The van der Waals surface area contributed by atoms with Gasteiger partial charge in [0, 0.05) is 24.5 Å². The minimum Gasteiger partial charge on any atom is -0.550 e. The van der Waals surface area contributed by atoms with Crippen molar-refractivity contribution >= 4 is 11.9 Å². The smallest absolute Gasteiger partial charge is 0.251 e. The molecule has 0 saturated carbocycles. The van der Waals surface area contributed by atoms with Gasteiger partial charge in [-0.2, -0.15) is 0 Å². The molecule has 1 amide bonds. The molecule has 20 heavy (non-hydrogen) atoms. The maximum atomic E-state index is 11.7. The standard InChI is InChI=1S/C15H21NO4/c1-2-3-4-11-20-13-7-5-12(6-8-13)15(19)16-10-9-14(17)18/h5-8H,2-4,9-11H2,1H3,(H,16,19)(H,17,18)/p-1. The molecule has 1 rings (SSSR count). The van der Waals surface area contributed by atoms with Crippen LogP contribution in [0.5, 0.6) is 5.75 Å². The Labute approximate surface area is 118 Å². The second kappa shape index (κ2) is 8.96. The number of aliphatic carboxylic acids is 1. The lowest BCUT2D eigenvalue weighted by atomic mass is 10.2. The van der Waals surface area contributed by atoms with Gasteiger partial charge in [0.2, 0.25) is 0 Å². The van der Waals surface area contributed by atoms with Gasteiger partial charge in [0.15, 0.2) is 0 Å². The summed E-state index contributed by atoms with van der Waals surface area (Å²) in [5.41, 5.74) is 0.476. The lowest BCUT2D eigenvalue weighted by molar-refractivity contribution is -0.305. The average molecular weight is 278 g/mol. The van der Waals surface area contributed by atoms with Crippen molar-refractivity contribution in [1.82, 2.24) is 5.32 Å². The fraction of sp³-hybridized carbons (Fsp3) is 0.467. The summed E-state index contributed by atoms with van der Waals surface area (Å²) in [5.74, 6) is -0.753. The van der Waals surface area contributed by atoms with Gasteiger partial charge >= 0.3 is 0 Å². The molecule has 1 aromatic carbocycles. The maximum Gasteiger partial charge on any atom is 0.251 e. The molecule has 110 valence electrons. The van der Waals surface area contributed by atoms with Gasteiger partial charge in [-0.05, 0) is 30.7 Å². The normalized spacial score (nSPS) is 10.1. The number of carbonyl (C=O) groups is 2. The van der Waals surface area contributed by atoms with Crippen LogP contribution in [0.4, 0.5) is 0 Å². The predicted molar refractivity (Wildman–Crippen MR) is 73.4 cm³/mol. The molecule has 0 saturated heterocycles. The van der Waals surface area contributed by atoms with E-state index in [9.17, 15) is 14.7 Å². The zero-order valence-electron chi connectivity index (χ0n) is 11.7. The summed E-state index contributed by atoms with van der Waals surface area (Å²) < 4.78 is 5.54. The summed E-state index contributed by atoms with van der Waals surface area (Å²) in [6.45, 7) is 2.87. The third-order valence-corrected chi connectivity index (χ3v) is 2.75. The van der Waals surface area contributed by atoms with Crippen LogP contribution in [0.3, 0.4) is 0 Å². The highest BCUT2D eigenvalue weighted by molar-refractivity contribution is 5.94.